The van der Waals surface area contributed by atoms with Gasteiger partial charge in [-0.1, -0.05) is 26.8 Å². The summed E-state index contributed by atoms with van der Waals surface area (Å²) in [5.41, 5.74) is 3.87. The van der Waals surface area contributed by atoms with Gasteiger partial charge >= 0.3 is 0 Å². The number of nitrogens with one attached hydrogen (secondary N) is 1. The van der Waals surface area contributed by atoms with Crippen LogP contribution < -0.4 is 5.32 Å². The summed E-state index contributed by atoms with van der Waals surface area (Å²) in [4.78, 5) is 14.1. The topological polar surface area (TPSA) is 32.3 Å². The summed E-state index contributed by atoms with van der Waals surface area (Å²) in [5.74, 6) is 0.348. The summed E-state index contributed by atoms with van der Waals surface area (Å²) in [6.07, 6.45) is 2.08. The Morgan fingerprint density at radius 3 is 2.75 bits per heavy atom. The van der Waals surface area contributed by atoms with Crippen LogP contribution in [0.15, 0.2) is 18.2 Å². The van der Waals surface area contributed by atoms with E-state index in [1.165, 1.54) is 16.8 Å². The SMILES string of the molecule is CCC(C)Nc1ccc2c(c1)CCN(C(=O)C(C)C)C2.[HH]. The van der Waals surface area contributed by atoms with Gasteiger partial charge in [0.15, 0.2) is 0 Å². The van der Waals surface area contributed by atoms with Crippen molar-refractivity contribution in [1.29, 1.82) is 0 Å². The lowest BCUT2D eigenvalue weighted by atomic mass is 9.98. The number of nitrogens with zero attached hydrogens (tertiary/aromatic N) is 1. The van der Waals surface area contributed by atoms with Crippen molar-refractivity contribution in [2.75, 3.05) is 11.9 Å². The minimum atomic E-state index is 0. The lowest BCUT2D eigenvalue weighted by Crippen LogP contribution is -2.38. The van der Waals surface area contributed by atoms with E-state index >= 15 is 0 Å². The van der Waals surface area contributed by atoms with Gasteiger partial charge in [0, 0.05) is 32.2 Å². The molecule has 0 fully saturated rings. The van der Waals surface area contributed by atoms with E-state index in [0.717, 1.165) is 25.9 Å². The number of carbonyl (C=O) groups excluding carboxylic acids is 1. The van der Waals surface area contributed by atoms with Crippen LogP contribution in [0.25, 0.3) is 0 Å². The first-order valence-electron chi connectivity index (χ1n) is 7.68. The first-order valence-corrected chi connectivity index (χ1v) is 7.68. The van der Waals surface area contributed by atoms with Crippen molar-refractivity contribution < 1.29 is 6.22 Å². The van der Waals surface area contributed by atoms with Crippen molar-refractivity contribution in [3.63, 3.8) is 0 Å². The Balaban J connectivity index is 0.00000220. The molecule has 1 heterocycles. The molecule has 0 saturated heterocycles. The number of hydrogen-bond donors (Lipinski definition) is 1. The van der Waals surface area contributed by atoms with Gasteiger partial charge in [-0.2, -0.15) is 0 Å². The molecule has 1 atom stereocenters. The third-order valence-electron chi connectivity index (χ3n) is 4.05. The Hall–Kier alpha value is -1.51. The van der Waals surface area contributed by atoms with Crippen LogP contribution in [-0.4, -0.2) is 23.4 Å². The van der Waals surface area contributed by atoms with E-state index in [4.69, 9.17) is 0 Å². The van der Waals surface area contributed by atoms with Crippen LogP contribution in [0.4, 0.5) is 5.69 Å². The minimum Gasteiger partial charge on any atom is -0.383 e. The zero-order valence-electron chi connectivity index (χ0n) is 13.1. The van der Waals surface area contributed by atoms with Gasteiger partial charge < -0.3 is 10.2 Å². The Bertz CT molecular complexity index is 488. The molecule has 112 valence electrons. The molecule has 1 aliphatic rings. The summed E-state index contributed by atoms with van der Waals surface area (Å²) in [7, 11) is 0. The predicted molar refractivity (Wildman–Crippen MR) is 85.9 cm³/mol. The molecule has 0 spiro atoms. The van der Waals surface area contributed by atoms with Crippen LogP contribution in [0.3, 0.4) is 0 Å². The lowest BCUT2D eigenvalue weighted by Gasteiger charge is -2.30. The average molecular weight is 276 g/mol. The number of fused-ring (bicyclic) bond motifs is 1. The van der Waals surface area contributed by atoms with Crippen LogP contribution in [0.2, 0.25) is 0 Å². The van der Waals surface area contributed by atoms with Gasteiger partial charge in [0.25, 0.3) is 0 Å². The number of benzene rings is 1. The van der Waals surface area contributed by atoms with E-state index < -0.39 is 0 Å². The molecule has 20 heavy (non-hydrogen) atoms. The van der Waals surface area contributed by atoms with Crippen molar-refractivity contribution in [2.45, 2.75) is 53.1 Å². The van der Waals surface area contributed by atoms with E-state index in [-0.39, 0.29) is 13.3 Å². The molecule has 0 radical (unpaired) electrons. The minimum absolute atomic E-state index is 0. The van der Waals surface area contributed by atoms with Gasteiger partial charge in [0.2, 0.25) is 5.91 Å². The second-order valence-corrected chi connectivity index (χ2v) is 6.10. The fraction of sp³-hybridized carbons (Fsp3) is 0.588. The third kappa shape index (κ3) is 3.33. The Morgan fingerprint density at radius 2 is 2.10 bits per heavy atom. The molecule has 1 aromatic rings. The number of rotatable bonds is 4. The highest BCUT2D eigenvalue weighted by Crippen LogP contribution is 2.24. The Labute approximate surface area is 123 Å². The van der Waals surface area contributed by atoms with Crippen LogP contribution in [0.1, 0.15) is 46.7 Å². The molecule has 0 bridgehead atoms. The van der Waals surface area contributed by atoms with Gasteiger partial charge in [0.1, 0.15) is 0 Å². The molecule has 0 aromatic heterocycles. The molecule has 3 nitrogen and oxygen atoms in total. The molecule has 1 aliphatic heterocycles. The molecule has 3 heteroatoms. The highest BCUT2D eigenvalue weighted by atomic mass is 16.2. The molecule has 1 unspecified atom stereocenters. The summed E-state index contributed by atoms with van der Waals surface area (Å²) in [5, 5.41) is 3.51. The summed E-state index contributed by atoms with van der Waals surface area (Å²) < 4.78 is 0. The smallest absolute Gasteiger partial charge is 0.225 e. The number of hydrogen-bond acceptors (Lipinski definition) is 2. The van der Waals surface area contributed by atoms with Crippen molar-refractivity contribution in [3.8, 4) is 0 Å². The van der Waals surface area contributed by atoms with Crippen molar-refractivity contribution in [1.82, 2.24) is 4.90 Å². The van der Waals surface area contributed by atoms with Crippen molar-refractivity contribution in [2.24, 2.45) is 5.92 Å². The summed E-state index contributed by atoms with van der Waals surface area (Å²) in [6, 6.07) is 7.04. The molecule has 0 aliphatic carbocycles. The average Bonchev–Trinajstić information content (AvgIpc) is 2.45. The largest absolute Gasteiger partial charge is 0.383 e. The van der Waals surface area contributed by atoms with Gasteiger partial charge in [-0.25, -0.2) is 0 Å². The maximum Gasteiger partial charge on any atom is 0.225 e. The van der Waals surface area contributed by atoms with E-state index in [1.54, 1.807) is 0 Å². The van der Waals surface area contributed by atoms with Crippen LogP contribution in [0.5, 0.6) is 0 Å². The molecule has 1 N–H and O–H groups in total. The Kier molecular flexibility index (Phi) is 4.69. The third-order valence-corrected chi connectivity index (χ3v) is 4.05. The zero-order chi connectivity index (χ0) is 14.7. The first-order chi connectivity index (χ1) is 9.51. The highest BCUT2D eigenvalue weighted by molar-refractivity contribution is 5.78. The van der Waals surface area contributed by atoms with E-state index in [9.17, 15) is 4.79 Å². The number of anilines is 1. The fourth-order valence-corrected chi connectivity index (χ4v) is 2.58. The fourth-order valence-electron chi connectivity index (χ4n) is 2.58. The van der Waals surface area contributed by atoms with Crippen LogP contribution >= 0.6 is 0 Å². The number of carbonyl (C=O) groups is 1. The molecular formula is C17H28N2O. The zero-order valence-corrected chi connectivity index (χ0v) is 13.1. The van der Waals surface area contributed by atoms with Crippen molar-refractivity contribution in [3.05, 3.63) is 29.3 Å². The van der Waals surface area contributed by atoms with E-state index in [2.05, 4.69) is 37.4 Å². The van der Waals surface area contributed by atoms with E-state index in [1.807, 2.05) is 18.7 Å². The lowest BCUT2D eigenvalue weighted by molar-refractivity contribution is -0.135. The quantitative estimate of drug-likeness (QED) is 0.909. The molecular weight excluding hydrogens is 248 g/mol. The van der Waals surface area contributed by atoms with Crippen LogP contribution in [-0.2, 0) is 17.8 Å². The standard InChI is InChI=1S/C17H26N2O.H2/c1-5-13(4)18-16-7-6-15-11-19(17(20)12(2)3)9-8-14(15)10-16;/h6-7,10,12-13,18H,5,8-9,11H2,1-4H3;1H. The monoisotopic (exact) mass is 276 g/mol. The summed E-state index contributed by atoms with van der Waals surface area (Å²) >= 11 is 0. The molecule has 1 amide bonds. The van der Waals surface area contributed by atoms with Crippen molar-refractivity contribution >= 4 is 11.6 Å². The van der Waals surface area contributed by atoms with Gasteiger partial charge in [0.05, 0.1) is 0 Å². The second kappa shape index (κ2) is 6.29. The predicted octanol–water partition coefficient (Wildman–Crippen LogP) is 3.68. The first kappa shape index (κ1) is 14.9. The maximum atomic E-state index is 12.1. The van der Waals surface area contributed by atoms with Gasteiger partial charge in [-0.05, 0) is 43.0 Å². The second-order valence-electron chi connectivity index (χ2n) is 6.10. The molecule has 0 saturated carbocycles. The van der Waals surface area contributed by atoms with Gasteiger partial charge in [-0.15, -0.1) is 0 Å². The molecule has 1 aromatic carbocycles. The number of amides is 1. The normalized spacial score (nSPS) is 15.9. The maximum absolute atomic E-state index is 12.1. The highest BCUT2D eigenvalue weighted by Gasteiger charge is 2.22. The summed E-state index contributed by atoms with van der Waals surface area (Å²) in [6.45, 7) is 9.93. The Morgan fingerprint density at radius 1 is 1.35 bits per heavy atom. The van der Waals surface area contributed by atoms with Crippen LogP contribution in [0, 0.1) is 5.92 Å². The molecule has 2 rings (SSSR count). The van der Waals surface area contributed by atoms with Gasteiger partial charge in [-0.3, -0.25) is 4.79 Å². The van der Waals surface area contributed by atoms with E-state index in [0.29, 0.717) is 6.04 Å².